The molecule has 4 rings (SSSR count). The average molecular weight is 358 g/mol. The van der Waals surface area contributed by atoms with Crippen LogP contribution in [-0.4, -0.2) is 31.6 Å². The smallest absolute Gasteiger partial charge is 0.227 e. The molecule has 2 amide bonds. The Bertz CT molecular complexity index is 790. The van der Waals surface area contributed by atoms with Crippen LogP contribution in [0.2, 0.25) is 0 Å². The Hall–Kier alpha value is -2.54. The molecule has 7 heteroatoms. The van der Waals surface area contributed by atoms with Gasteiger partial charge < -0.3 is 19.7 Å². The highest BCUT2D eigenvalue weighted by Gasteiger charge is 2.35. The van der Waals surface area contributed by atoms with E-state index in [0.29, 0.717) is 37.8 Å². The Labute approximate surface area is 149 Å². The van der Waals surface area contributed by atoms with Crippen molar-refractivity contribution in [2.24, 2.45) is 5.92 Å². The van der Waals surface area contributed by atoms with Crippen LogP contribution in [0.25, 0.3) is 0 Å². The number of carbonyl (C=O) groups is 2. The zero-order chi connectivity index (χ0) is 17.2. The molecule has 1 unspecified atom stereocenters. The molecular formula is C18H18N2O4S. The average Bonchev–Trinajstić information content (AvgIpc) is 3.29. The molecule has 2 aliphatic rings. The molecular weight excluding hydrogens is 340 g/mol. The Morgan fingerprint density at radius 1 is 1.24 bits per heavy atom. The van der Waals surface area contributed by atoms with E-state index in [4.69, 9.17) is 9.47 Å². The lowest BCUT2D eigenvalue weighted by molar-refractivity contribution is -0.126. The third kappa shape index (κ3) is 3.32. The third-order valence-electron chi connectivity index (χ3n) is 4.38. The van der Waals surface area contributed by atoms with E-state index in [9.17, 15) is 9.59 Å². The predicted molar refractivity (Wildman–Crippen MR) is 94.1 cm³/mol. The van der Waals surface area contributed by atoms with Crippen molar-refractivity contribution in [3.63, 3.8) is 0 Å². The van der Waals surface area contributed by atoms with Gasteiger partial charge >= 0.3 is 0 Å². The van der Waals surface area contributed by atoms with Crippen molar-refractivity contribution < 1.29 is 19.1 Å². The highest BCUT2D eigenvalue weighted by atomic mass is 32.1. The van der Waals surface area contributed by atoms with Crippen molar-refractivity contribution in [1.82, 2.24) is 5.32 Å². The molecule has 3 heterocycles. The van der Waals surface area contributed by atoms with Crippen molar-refractivity contribution in [2.45, 2.75) is 13.0 Å². The van der Waals surface area contributed by atoms with E-state index in [0.717, 1.165) is 11.3 Å². The summed E-state index contributed by atoms with van der Waals surface area (Å²) in [4.78, 5) is 26.4. The Morgan fingerprint density at radius 2 is 2.08 bits per heavy atom. The number of hydrogen-bond donors (Lipinski definition) is 1. The van der Waals surface area contributed by atoms with Crippen LogP contribution in [0, 0.1) is 5.92 Å². The molecule has 1 aromatic heterocycles. The lowest BCUT2D eigenvalue weighted by Gasteiger charge is -2.22. The van der Waals surface area contributed by atoms with Gasteiger partial charge in [-0.15, -0.1) is 0 Å². The molecule has 0 saturated carbocycles. The second kappa shape index (κ2) is 6.76. The van der Waals surface area contributed by atoms with Crippen LogP contribution in [0.5, 0.6) is 11.5 Å². The summed E-state index contributed by atoms with van der Waals surface area (Å²) in [5.41, 5.74) is 1.81. The van der Waals surface area contributed by atoms with Crippen molar-refractivity contribution in [3.8, 4) is 11.5 Å². The molecule has 2 aliphatic heterocycles. The summed E-state index contributed by atoms with van der Waals surface area (Å²) >= 11 is 1.60. The van der Waals surface area contributed by atoms with Gasteiger partial charge in [0, 0.05) is 31.3 Å². The van der Waals surface area contributed by atoms with Gasteiger partial charge in [-0.3, -0.25) is 9.59 Å². The summed E-state index contributed by atoms with van der Waals surface area (Å²) in [6.07, 6.45) is 0.226. The zero-order valence-corrected chi connectivity index (χ0v) is 14.4. The van der Waals surface area contributed by atoms with Crippen molar-refractivity contribution in [2.75, 3.05) is 24.7 Å². The van der Waals surface area contributed by atoms with E-state index in [1.165, 1.54) is 0 Å². The molecule has 6 nitrogen and oxygen atoms in total. The maximum absolute atomic E-state index is 12.4. The van der Waals surface area contributed by atoms with Gasteiger partial charge in [0.2, 0.25) is 11.8 Å². The number of nitrogens with zero attached hydrogens (tertiary/aromatic N) is 1. The van der Waals surface area contributed by atoms with Crippen LogP contribution in [0.3, 0.4) is 0 Å². The van der Waals surface area contributed by atoms with E-state index in [1.54, 1.807) is 28.4 Å². The lowest BCUT2D eigenvalue weighted by atomic mass is 10.1. The minimum absolute atomic E-state index is 0.0487. The molecule has 1 N–H and O–H groups in total. The SMILES string of the molecule is O=C(NCc1ccsc1)C1CC(=O)N(c2ccc3c(c2)OCCO3)C1. The largest absolute Gasteiger partial charge is 0.486 e. The minimum atomic E-state index is -0.334. The van der Waals surface area contributed by atoms with Gasteiger partial charge in [-0.2, -0.15) is 11.3 Å². The first-order chi connectivity index (χ1) is 12.2. The topological polar surface area (TPSA) is 67.9 Å². The number of benzene rings is 1. The Morgan fingerprint density at radius 3 is 2.88 bits per heavy atom. The number of nitrogens with one attached hydrogen (secondary N) is 1. The van der Waals surface area contributed by atoms with Gasteiger partial charge in [-0.05, 0) is 34.5 Å². The maximum Gasteiger partial charge on any atom is 0.227 e. The molecule has 0 radical (unpaired) electrons. The van der Waals surface area contributed by atoms with Gasteiger partial charge in [0.05, 0.1) is 5.92 Å². The molecule has 0 aliphatic carbocycles. The first kappa shape index (κ1) is 16.0. The molecule has 2 aromatic rings. The van der Waals surface area contributed by atoms with Crippen LogP contribution in [0.15, 0.2) is 35.0 Å². The number of amides is 2. The fourth-order valence-electron chi connectivity index (χ4n) is 3.06. The van der Waals surface area contributed by atoms with E-state index in [2.05, 4.69) is 5.32 Å². The van der Waals surface area contributed by atoms with Crippen molar-refractivity contribution in [3.05, 3.63) is 40.6 Å². The zero-order valence-electron chi connectivity index (χ0n) is 13.6. The molecule has 1 fully saturated rings. The summed E-state index contributed by atoms with van der Waals surface area (Å²) in [6, 6.07) is 7.42. The van der Waals surface area contributed by atoms with E-state index in [1.807, 2.05) is 22.9 Å². The van der Waals surface area contributed by atoms with Crippen LogP contribution in [0.4, 0.5) is 5.69 Å². The number of ether oxygens (including phenoxy) is 2. The van der Waals surface area contributed by atoms with Gasteiger partial charge in [-0.25, -0.2) is 0 Å². The van der Waals surface area contributed by atoms with Gasteiger partial charge in [0.1, 0.15) is 13.2 Å². The standard InChI is InChI=1S/C18H18N2O4S/c21-17-7-13(18(22)19-9-12-3-6-25-11-12)10-20(17)14-1-2-15-16(8-14)24-5-4-23-15/h1-3,6,8,11,13H,4-5,7,9-10H2,(H,19,22). The van der Waals surface area contributed by atoms with Crippen LogP contribution >= 0.6 is 11.3 Å². The summed E-state index contributed by atoms with van der Waals surface area (Å²) in [5.74, 6) is 0.861. The van der Waals surface area contributed by atoms with Crippen LogP contribution in [-0.2, 0) is 16.1 Å². The van der Waals surface area contributed by atoms with Crippen molar-refractivity contribution in [1.29, 1.82) is 0 Å². The number of thiophene rings is 1. The minimum Gasteiger partial charge on any atom is -0.486 e. The first-order valence-corrected chi connectivity index (χ1v) is 9.14. The monoisotopic (exact) mass is 358 g/mol. The predicted octanol–water partition coefficient (Wildman–Crippen LogP) is 2.19. The van der Waals surface area contributed by atoms with Crippen LogP contribution in [0.1, 0.15) is 12.0 Å². The molecule has 130 valence electrons. The maximum atomic E-state index is 12.4. The molecule has 1 atom stereocenters. The van der Waals surface area contributed by atoms with Crippen molar-refractivity contribution >= 4 is 28.8 Å². The Kier molecular flexibility index (Phi) is 4.31. The second-order valence-electron chi connectivity index (χ2n) is 6.08. The summed E-state index contributed by atoms with van der Waals surface area (Å²) in [7, 11) is 0. The van der Waals surface area contributed by atoms with Gasteiger partial charge in [0.25, 0.3) is 0 Å². The number of fused-ring (bicyclic) bond motifs is 1. The van der Waals surface area contributed by atoms with Gasteiger partial charge in [-0.1, -0.05) is 0 Å². The highest BCUT2D eigenvalue weighted by Crippen LogP contribution is 2.35. The normalized spacial score (nSPS) is 19.1. The number of carbonyl (C=O) groups excluding carboxylic acids is 2. The molecule has 1 saturated heterocycles. The van der Waals surface area contributed by atoms with E-state index < -0.39 is 0 Å². The quantitative estimate of drug-likeness (QED) is 0.910. The van der Waals surface area contributed by atoms with E-state index in [-0.39, 0.29) is 24.2 Å². The third-order valence-corrected chi connectivity index (χ3v) is 5.11. The summed E-state index contributed by atoms with van der Waals surface area (Å²) in [6.45, 7) is 1.91. The molecule has 1 aromatic carbocycles. The lowest BCUT2D eigenvalue weighted by Crippen LogP contribution is -2.32. The molecule has 0 spiro atoms. The first-order valence-electron chi connectivity index (χ1n) is 8.19. The fraction of sp³-hybridized carbons (Fsp3) is 0.333. The Balaban J connectivity index is 1.42. The summed E-state index contributed by atoms with van der Waals surface area (Å²) in [5, 5.41) is 6.89. The fourth-order valence-corrected chi connectivity index (χ4v) is 3.73. The number of hydrogen-bond acceptors (Lipinski definition) is 5. The highest BCUT2D eigenvalue weighted by molar-refractivity contribution is 7.07. The second-order valence-corrected chi connectivity index (χ2v) is 6.86. The number of rotatable bonds is 4. The van der Waals surface area contributed by atoms with Crippen LogP contribution < -0.4 is 19.7 Å². The number of anilines is 1. The van der Waals surface area contributed by atoms with Gasteiger partial charge in [0.15, 0.2) is 11.5 Å². The molecule has 25 heavy (non-hydrogen) atoms. The molecule has 0 bridgehead atoms. The van der Waals surface area contributed by atoms with E-state index >= 15 is 0 Å². The summed E-state index contributed by atoms with van der Waals surface area (Å²) < 4.78 is 11.1.